The predicted octanol–water partition coefficient (Wildman–Crippen LogP) is 4.01. The van der Waals surface area contributed by atoms with Crippen molar-refractivity contribution < 1.29 is 4.42 Å². The van der Waals surface area contributed by atoms with Gasteiger partial charge in [0.1, 0.15) is 5.76 Å². The number of aryl methyl sites for hydroxylation is 1. The fraction of sp³-hybridized carbons (Fsp3) is 0.316. The highest BCUT2D eigenvalue weighted by Gasteiger charge is 2.14. The van der Waals surface area contributed by atoms with Crippen molar-refractivity contribution in [1.82, 2.24) is 15.2 Å². The molecule has 1 aromatic carbocycles. The van der Waals surface area contributed by atoms with E-state index in [0.717, 1.165) is 30.4 Å². The fourth-order valence-electron chi connectivity index (χ4n) is 3.01. The van der Waals surface area contributed by atoms with Crippen molar-refractivity contribution in [3.8, 4) is 0 Å². The molecule has 0 unspecified atom stereocenters. The van der Waals surface area contributed by atoms with E-state index in [4.69, 9.17) is 16.6 Å². The van der Waals surface area contributed by atoms with E-state index < -0.39 is 0 Å². The Bertz CT molecular complexity index is 807. The Kier molecular flexibility index (Phi) is 5.20. The van der Waals surface area contributed by atoms with E-state index in [-0.39, 0.29) is 0 Å². The molecule has 0 saturated heterocycles. The lowest BCUT2D eigenvalue weighted by molar-refractivity contribution is 0.360. The largest absolute Gasteiger partial charge is 0.467 e. The molecule has 0 spiro atoms. The van der Waals surface area contributed by atoms with Gasteiger partial charge in [0.05, 0.1) is 12.8 Å². The van der Waals surface area contributed by atoms with Crippen molar-refractivity contribution in [3.05, 3.63) is 59.7 Å². The monoisotopic (exact) mass is 341 g/mol. The molecule has 126 valence electrons. The van der Waals surface area contributed by atoms with Crippen molar-refractivity contribution >= 4 is 28.2 Å². The van der Waals surface area contributed by atoms with Crippen molar-refractivity contribution in [2.45, 2.75) is 26.8 Å². The van der Waals surface area contributed by atoms with Gasteiger partial charge in [0.25, 0.3) is 0 Å². The second-order valence-electron chi connectivity index (χ2n) is 5.86. The molecular formula is C19H23N3OS. The zero-order valence-corrected chi connectivity index (χ0v) is 15.0. The second kappa shape index (κ2) is 7.53. The molecule has 2 N–H and O–H groups in total. The van der Waals surface area contributed by atoms with Gasteiger partial charge in [-0.15, -0.1) is 0 Å². The fourth-order valence-corrected chi connectivity index (χ4v) is 3.31. The number of aromatic amines is 1. The van der Waals surface area contributed by atoms with Gasteiger partial charge >= 0.3 is 0 Å². The van der Waals surface area contributed by atoms with Crippen LogP contribution in [0, 0.1) is 6.92 Å². The van der Waals surface area contributed by atoms with E-state index >= 15 is 0 Å². The number of thiocarbonyl (C=S) groups is 1. The maximum atomic E-state index is 5.54. The molecule has 3 aromatic rings. The molecule has 0 aliphatic rings. The number of hydrogen-bond acceptors (Lipinski definition) is 2. The molecule has 2 aromatic heterocycles. The van der Waals surface area contributed by atoms with Crippen LogP contribution in [0.5, 0.6) is 0 Å². The average Bonchev–Trinajstić information content (AvgIpc) is 3.19. The highest BCUT2D eigenvalue weighted by molar-refractivity contribution is 7.80. The van der Waals surface area contributed by atoms with Crippen LogP contribution < -0.4 is 5.32 Å². The zero-order chi connectivity index (χ0) is 16.9. The normalized spacial score (nSPS) is 10.9. The summed E-state index contributed by atoms with van der Waals surface area (Å²) in [6.45, 7) is 6.53. The molecule has 3 rings (SSSR count). The molecule has 0 radical (unpaired) electrons. The van der Waals surface area contributed by atoms with Crippen LogP contribution in [0.2, 0.25) is 0 Å². The molecule has 0 atom stereocenters. The maximum Gasteiger partial charge on any atom is 0.169 e. The van der Waals surface area contributed by atoms with Gasteiger partial charge in [-0.1, -0.05) is 18.2 Å². The Labute approximate surface area is 147 Å². The molecule has 4 nitrogen and oxygen atoms in total. The summed E-state index contributed by atoms with van der Waals surface area (Å²) in [6, 6.07) is 12.3. The first kappa shape index (κ1) is 16.6. The predicted molar refractivity (Wildman–Crippen MR) is 102 cm³/mol. The van der Waals surface area contributed by atoms with Gasteiger partial charge in [0, 0.05) is 29.7 Å². The minimum atomic E-state index is 0.681. The summed E-state index contributed by atoms with van der Waals surface area (Å²) < 4.78 is 5.49. The lowest BCUT2D eigenvalue weighted by Gasteiger charge is -2.24. The summed E-state index contributed by atoms with van der Waals surface area (Å²) in [5.41, 5.74) is 3.77. The summed E-state index contributed by atoms with van der Waals surface area (Å²) in [6.07, 6.45) is 2.63. The van der Waals surface area contributed by atoms with Crippen LogP contribution in [0.15, 0.2) is 47.1 Å². The maximum absolute atomic E-state index is 5.54. The number of para-hydroxylation sites is 1. The number of rotatable bonds is 6. The number of H-pyrrole nitrogens is 1. The zero-order valence-electron chi connectivity index (χ0n) is 14.1. The summed E-state index contributed by atoms with van der Waals surface area (Å²) in [4.78, 5) is 5.63. The van der Waals surface area contributed by atoms with Gasteiger partial charge in [0.2, 0.25) is 0 Å². The smallest absolute Gasteiger partial charge is 0.169 e. The van der Waals surface area contributed by atoms with Crippen LogP contribution in [0.1, 0.15) is 23.9 Å². The number of nitrogens with one attached hydrogen (secondary N) is 2. The molecule has 24 heavy (non-hydrogen) atoms. The van der Waals surface area contributed by atoms with Crippen LogP contribution >= 0.6 is 12.2 Å². The SMILES string of the molecule is CCNC(=S)N(CCc1c(C)[nH]c2ccccc12)Cc1ccco1. The minimum absolute atomic E-state index is 0.681. The van der Waals surface area contributed by atoms with Gasteiger partial charge in [0.15, 0.2) is 5.11 Å². The standard InChI is InChI=1S/C19H23N3OS/c1-3-20-19(24)22(13-15-7-6-12-23-15)11-10-16-14(2)21-18-9-5-4-8-17(16)18/h4-9,12,21H,3,10-11,13H2,1-2H3,(H,20,24). The van der Waals surface area contributed by atoms with Gasteiger partial charge < -0.3 is 19.6 Å². The van der Waals surface area contributed by atoms with E-state index in [1.807, 2.05) is 12.1 Å². The van der Waals surface area contributed by atoms with Crippen molar-refractivity contribution in [3.63, 3.8) is 0 Å². The first-order valence-electron chi connectivity index (χ1n) is 8.30. The minimum Gasteiger partial charge on any atom is -0.467 e. The third-order valence-corrected chi connectivity index (χ3v) is 4.60. The Morgan fingerprint density at radius 1 is 1.25 bits per heavy atom. The quantitative estimate of drug-likeness (QED) is 0.665. The lowest BCUT2D eigenvalue weighted by Crippen LogP contribution is -2.40. The number of hydrogen-bond donors (Lipinski definition) is 2. The summed E-state index contributed by atoms with van der Waals surface area (Å²) in [7, 11) is 0. The number of aromatic nitrogens is 1. The van der Waals surface area contributed by atoms with Crippen LogP contribution in [0.25, 0.3) is 10.9 Å². The molecule has 0 aliphatic carbocycles. The third-order valence-electron chi connectivity index (χ3n) is 4.20. The molecule has 0 aliphatic heterocycles. The number of benzene rings is 1. The van der Waals surface area contributed by atoms with Crippen LogP contribution in [0.4, 0.5) is 0 Å². The second-order valence-corrected chi connectivity index (χ2v) is 6.25. The molecule has 2 heterocycles. The van der Waals surface area contributed by atoms with E-state index in [2.05, 4.69) is 53.3 Å². The van der Waals surface area contributed by atoms with Crippen molar-refractivity contribution in [2.24, 2.45) is 0 Å². The van der Waals surface area contributed by atoms with Gasteiger partial charge in [-0.25, -0.2) is 0 Å². The van der Waals surface area contributed by atoms with Crippen LogP contribution in [-0.2, 0) is 13.0 Å². The lowest BCUT2D eigenvalue weighted by atomic mass is 10.1. The number of nitrogens with zero attached hydrogens (tertiary/aromatic N) is 1. The van der Waals surface area contributed by atoms with Crippen molar-refractivity contribution in [2.75, 3.05) is 13.1 Å². The Hall–Kier alpha value is -2.27. The molecule has 5 heteroatoms. The molecule has 0 amide bonds. The van der Waals surface area contributed by atoms with E-state index in [1.54, 1.807) is 6.26 Å². The Morgan fingerprint density at radius 3 is 2.83 bits per heavy atom. The molecule has 0 bridgehead atoms. The highest BCUT2D eigenvalue weighted by atomic mass is 32.1. The van der Waals surface area contributed by atoms with E-state index in [0.29, 0.717) is 6.54 Å². The van der Waals surface area contributed by atoms with Crippen molar-refractivity contribution in [1.29, 1.82) is 0 Å². The van der Waals surface area contributed by atoms with Crippen LogP contribution in [0.3, 0.4) is 0 Å². The van der Waals surface area contributed by atoms with Gasteiger partial charge in [-0.2, -0.15) is 0 Å². The molecular weight excluding hydrogens is 318 g/mol. The van der Waals surface area contributed by atoms with Crippen LogP contribution in [-0.4, -0.2) is 28.1 Å². The summed E-state index contributed by atoms with van der Waals surface area (Å²) >= 11 is 5.54. The first-order chi connectivity index (χ1) is 11.7. The third kappa shape index (κ3) is 3.62. The average molecular weight is 341 g/mol. The molecule has 0 fully saturated rings. The highest BCUT2D eigenvalue weighted by Crippen LogP contribution is 2.22. The Morgan fingerprint density at radius 2 is 2.08 bits per heavy atom. The summed E-state index contributed by atoms with van der Waals surface area (Å²) in [5.74, 6) is 0.922. The number of furan rings is 1. The van der Waals surface area contributed by atoms with E-state index in [9.17, 15) is 0 Å². The van der Waals surface area contributed by atoms with E-state index in [1.165, 1.54) is 22.2 Å². The Balaban J connectivity index is 1.76. The first-order valence-corrected chi connectivity index (χ1v) is 8.71. The topological polar surface area (TPSA) is 44.2 Å². The van der Waals surface area contributed by atoms with Gasteiger partial charge in [-0.3, -0.25) is 0 Å². The van der Waals surface area contributed by atoms with Gasteiger partial charge in [-0.05, 0) is 56.2 Å². The summed E-state index contributed by atoms with van der Waals surface area (Å²) in [5, 5.41) is 5.31. The molecule has 0 saturated carbocycles. The number of fused-ring (bicyclic) bond motifs is 1.